The van der Waals surface area contributed by atoms with Crippen molar-refractivity contribution in [1.29, 1.82) is 0 Å². The number of rotatable bonds is 13. The number of carboxylic acid groups (broad SMARTS) is 1. The highest BCUT2D eigenvalue weighted by molar-refractivity contribution is 7.90. The van der Waals surface area contributed by atoms with Crippen LogP contribution < -0.4 is 14.8 Å². The number of ether oxygens (including phenoxy) is 2. The van der Waals surface area contributed by atoms with Gasteiger partial charge in [0.2, 0.25) is 5.88 Å². The minimum absolute atomic E-state index is 0.136. The van der Waals surface area contributed by atoms with Crippen LogP contribution in [0.15, 0.2) is 47.6 Å². The van der Waals surface area contributed by atoms with E-state index >= 15 is 0 Å². The highest BCUT2D eigenvalue weighted by atomic mass is 35.5. The first kappa shape index (κ1) is 32.6. The van der Waals surface area contributed by atoms with Gasteiger partial charge in [0.15, 0.2) is 10.8 Å². The van der Waals surface area contributed by atoms with E-state index in [2.05, 4.69) is 20.4 Å². The van der Waals surface area contributed by atoms with Gasteiger partial charge in [-0.05, 0) is 93.4 Å². The highest BCUT2D eigenvalue weighted by Crippen LogP contribution is 2.93. The molecule has 1 atom stereocenters. The smallest absolute Gasteiger partial charge is 0.407 e. The molecule has 4 fully saturated rings. The fraction of sp³-hybridized carbons (Fsp3) is 0.531. The van der Waals surface area contributed by atoms with Crippen LogP contribution in [0.4, 0.5) is 10.6 Å². The van der Waals surface area contributed by atoms with Gasteiger partial charge in [-0.25, -0.2) is 24.2 Å². The Morgan fingerprint density at radius 2 is 1.81 bits per heavy atom. The van der Waals surface area contributed by atoms with Gasteiger partial charge in [-0.2, -0.15) is 8.42 Å². The summed E-state index contributed by atoms with van der Waals surface area (Å²) in [5.41, 5.74) is 0.624. The van der Waals surface area contributed by atoms with E-state index in [1.807, 2.05) is 18.6 Å². The predicted molar refractivity (Wildman–Crippen MR) is 174 cm³/mol. The molecule has 3 aromatic rings. The Hall–Kier alpha value is -3.95. The van der Waals surface area contributed by atoms with Crippen molar-refractivity contribution in [2.45, 2.75) is 69.0 Å². The molecule has 3 N–H and O–H groups in total. The molecule has 0 aromatic carbocycles. The second-order valence-corrected chi connectivity index (χ2v) is 15.7. The molecule has 3 aliphatic carbocycles. The Kier molecular flexibility index (Phi) is 8.07. The molecule has 16 heteroatoms. The Morgan fingerprint density at radius 3 is 2.48 bits per heavy atom. The molecule has 4 heterocycles. The van der Waals surface area contributed by atoms with E-state index in [1.165, 1.54) is 59.5 Å². The number of likely N-dealkylation sites (tertiary alicyclic amines) is 1. The molecule has 48 heavy (non-hydrogen) atoms. The van der Waals surface area contributed by atoms with Crippen molar-refractivity contribution < 1.29 is 32.6 Å². The van der Waals surface area contributed by atoms with Crippen LogP contribution in [0.2, 0.25) is 5.15 Å². The molecule has 256 valence electrons. The van der Waals surface area contributed by atoms with Gasteiger partial charge in [0.1, 0.15) is 11.0 Å². The Morgan fingerprint density at radius 1 is 1.06 bits per heavy atom. The number of hydrogen-bond donors (Lipinski definition) is 3. The number of anilines is 1. The first-order chi connectivity index (χ1) is 22.8. The second-order valence-electron chi connectivity index (χ2n) is 13.7. The first-order valence-electron chi connectivity index (χ1n) is 16.1. The lowest BCUT2D eigenvalue weighted by Crippen LogP contribution is -2.41. The van der Waals surface area contributed by atoms with Gasteiger partial charge in [0.05, 0.1) is 31.4 Å². The monoisotopic (exact) mass is 699 g/mol. The molecule has 7 rings (SSSR count). The molecule has 2 amide bonds. The summed E-state index contributed by atoms with van der Waals surface area (Å²) in [6, 6.07) is 8.96. The zero-order valence-electron chi connectivity index (χ0n) is 26.7. The number of carbonyl (C=O) groups is 2. The number of halogens is 1. The Labute approximate surface area is 283 Å². The number of sulfonamides is 1. The summed E-state index contributed by atoms with van der Waals surface area (Å²) < 4.78 is 41.3. The molecule has 0 unspecified atom stereocenters. The van der Waals surface area contributed by atoms with E-state index < -0.39 is 27.6 Å². The number of fused-ring (bicyclic) bond motifs is 1. The number of nitrogens with zero attached hydrogens (tertiary/aromatic N) is 5. The molecule has 0 bridgehead atoms. The summed E-state index contributed by atoms with van der Waals surface area (Å²) in [4.78, 5) is 34.1. The van der Waals surface area contributed by atoms with E-state index in [9.17, 15) is 23.1 Å². The molecule has 2 spiro atoms. The van der Waals surface area contributed by atoms with E-state index in [-0.39, 0.29) is 40.8 Å². The normalized spacial score (nSPS) is 21.3. The maximum atomic E-state index is 13.0. The molecule has 14 nitrogen and oxygen atoms in total. The average Bonchev–Trinajstić information content (AvgIpc) is 3.98. The summed E-state index contributed by atoms with van der Waals surface area (Å²) in [6.45, 7) is 5.14. The molecule has 3 aromatic heterocycles. The quantitative estimate of drug-likeness (QED) is 0.171. The van der Waals surface area contributed by atoms with Crippen LogP contribution in [-0.2, 0) is 14.8 Å². The lowest BCUT2D eigenvalue weighted by molar-refractivity contribution is 0.0655. The Bertz CT molecular complexity index is 1840. The predicted octanol–water partition coefficient (Wildman–Crippen LogP) is 4.35. The standard InChI is InChI=1S/C32H38ClN7O7S/c1-30(2)18-20(19-39(30)29(42)43)46-17-14-34-23-4-3-5-26(35-23)48(44,45)38-28(41)21-6-7-24(36-27(21)33)40-15-8-25(37-40)47-16-9-22-31(10-11-31)32(22)12-13-32/h3-8,15,20,22H,9-14,16-19H2,1-2H3,(H,34,35)(H,38,41)(H,42,43)/t20-/m0/s1. The number of nitrogens with one attached hydrogen (secondary N) is 2. The van der Waals surface area contributed by atoms with E-state index in [1.54, 1.807) is 18.3 Å². The maximum absolute atomic E-state index is 13.0. The summed E-state index contributed by atoms with van der Waals surface area (Å²) in [7, 11) is -4.36. The van der Waals surface area contributed by atoms with Gasteiger partial charge in [-0.3, -0.25) is 4.79 Å². The fourth-order valence-electron chi connectivity index (χ4n) is 7.80. The highest BCUT2D eigenvalue weighted by Gasteiger charge is 2.85. The van der Waals surface area contributed by atoms with Gasteiger partial charge in [0, 0.05) is 24.3 Å². The average molecular weight is 700 g/mol. The number of amides is 2. The summed E-state index contributed by atoms with van der Waals surface area (Å²) >= 11 is 6.32. The SMILES string of the molecule is CC1(C)C[C@H](OCCNc2cccc(S(=O)(=O)NC(=O)c3ccc(-n4ccc(OCCC5C6(CC6)C56CC6)n4)nc3Cl)n2)CN1C(=O)O. The van der Waals surface area contributed by atoms with Gasteiger partial charge in [-0.15, -0.1) is 5.10 Å². The summed E-state index contributed by atoms with van der Waals surface area (Å²) in [5.74, 6) is 0.894. The van der Waals surface area contributed by atoms with Crippen LogP contribution in [0, 0.1) is 16.7 Å². The van der Waals surface area contributed by atoms with Gasteiger partial charge < -0.3 is 24.8 Å². The molecule has 0 radical (unpaired) electrons. The van der Waals surface area contributed by atoms with Crippen molar-refractivity contribution in [3.63, 3.8) is 0 Å². The molecular weight excluding hydrogens is 662 g/mol. The maximum Gasteiger partial charge on any atom is 0.407 e. The lowest BCUT2D eigenvalue weighted by Gasteiger charge is -2.27. The molecular formula is C32H38ClN7O7S. The largest absolute Gasteiger partial charge is 0.477 e. The minimum Gasteiger partial charge on any atom is -0.477 e. The molecule has 3 saturated carbocycles. The third kappa shape index (κ3) is 6.07. The van der Waals surface area contributed by atoms with Gasteiger partial charge in [-0.1, -0.05) is 17.7 Å². The lowest BCUT2D eigenvalue weighted by atomic mass is 10.0. The van der Waals surface area contributed by atoms with Crippen molar-refractivity contribution in [2.24, 2.45) is 16.7 Å². The molecule has 1 saturated heterocycles. The van der Waals surface area contributed by atoms with Crippen LogP contribution in [0.5, 0.6) is 5.88 Å². The summed E-state index contributed by atoms with van der Waals surface area (Å²) in [5, 5.41) is 16.2. The number of hydrogen-bond acceptors (Lipinski definition) is 10. The van der Waals surface area contributed by atoms with E-state index in [0.29, 0.717) is 42.1 Å². The van der Waals surface area contributed by atoms with Gasteiger partial charge in [0.25, 0.3) is 15.9 Å². The second kappa shape index (κ2) is 11.9. The zero-order valence-corrected chi connectivity index (χ0v) is 28.3. The fourth-order valence-corrected chi connectivity index (χ4v) is 8.97. The minimum atomic E-state index is -4.36. The Balaban J connectivity index is 0.900. The van der Waals surface area contributed by atoms with Crippen LogP contribution in [0.3, 0.4) is 0 Å². The van der Waals surface area contributed by atoms with E-state index in [0.717, 1.165) is 12.3 Å². The van der Waals surface area contributed by atoms with Crippen LogP contribution in [0.25, 0.3) is 5.82 Å². The van der Waals surface area contributed by atoms with Crippen LogP contribution >= 0.6 is 11.6 Å². The van der Waals surface area contributed by atoms with Crippen molar-refractivity contribution in [3.8, 4) is 11.7 Å². The van der Waals surface area contributed by atoms with Crippen molar-refractivity contribution >= 4 is 39.4 Å². The zero-order chi connectivity index (χ0) is 33.9. The van der Waals surface area contributed by atoms with Gasteiger partial charge >= 0.3 is 6.09 Å². The van der Waals surface area contributed by atoms with Crippen molar-refractivity contribution in [3.05, 3.63) is 53.3 Å². The number of aromatic nitrogens is 4. The number of pyridine rings is 2. The molecule has 4 aliphatic rings. The van der Waals surface area contributed by atoms with Crippen molar-refractivity contribution in [1.82, 2.24) is 29.4 Å². The third-order valence-electron chi connectivity index (χ3n) is 10.4. The molecule has 1 aliphatic heterocycles. The third-order valence-corrected chi connectivity index (χ3v) is 11.9. The first-order valence-corrected chi connectivity index (χ1v) is 18.0. The summed E-state index contributed by atoms with van der Waals surface area (Å²) in [6.07, 6.45) is 7.54. The topological polar surface area (TPSA) is 178 Å². The van der Waals surface area contributed by atoms with E-state index in [4.69, 9.17) is 21.1 Å². The van der Waals surface area contributed by atoms with Crippen LogP contribution in [0.1, 0.15) is 62.7 Å². The van der Waals surface area contributed by atoms with Crippen LogP contribution in [-0.4, -0.2) is 88.1 Å². The number of carbonyl (C=O) groups excluding carboxylic acids is 1. The van der Waals surface area contributed by atoms with Crippen molar-refractivity contribution in [2.75, 3.05) is 31.6 Å².